The highest BCUT2D eigenvalue weighted by Crippen LogP contribution is 2.46. The van der Waals surface area contributed by atoms with Crippen molar-refractivity contribution in [2.75, 3.05) is 7.11 Å². The highest BCUT2D eigenvalue weighted by atomic mass is 35.5. The molecule has 0 bridgehead atoms. The second-order valence-corrected chi connectivity index (χ2v) is 9.81. The lowest BCUT2D eigenvalue weighted by Crippen LogP contribution is -2.24. The lowest BCUT2D eigenvalue weighted by atomic mass is 10.0. The molecule has 3 aromatic heterocycles. The maximum absolute atomic E-state index is 14.0. The molecule has 2 aromatic carbocycles. The first-order chi connectivity index (χ1) is 17.0. The van der Waals surface area contributed by atoms with Gasteiger partial charge in [0.15, 0.2) is 6.39 Å². The number of hydrogen-bond donors (Lipinski definition) is 1. The van der Waals surface area contributed by atoms with Gasteiger partial charge in [-0.15, -0.1) is 11.3 Å². The molecule has 8 nitrogen and oxygen atoms in total. The van der Waals surface area contributed by atoms with Crippen molar-refractivity contribution >= 4 is 49.2 Å². The van der Waals surface area contributed by atoms with Gasteiger partial charge in [0.25, 0.3) is 5.56 Å². The van der Waals surface area contributed by atoms with E-state index in [0.29, 0.717) is 37.8 Å². The fourth-order valence-electron chi connectivity index (χ4n) is 4.43. The van der Waals surface area contributed by atoms with Crippen LogP contribution in [0, 0.1) is 0 Å². The Bertz CT molecular complexity index is 1690. The van der Waals surface area contributed by atoms with Crippen molar-refractivity contribution in [1.29, 1.82) is 0 Å². The molecule has 0 amide bonds. The van der Waals surface area contributed by atoms with E-state index >= 15 is 0 Å². The third-order valence-electron chi connectivity index (χ3n) is 6.24. The van der Waals surface area contributed by atoms with Gasteiger partial charge in [-0.3, -0.25) is 9.36 Å². The van der Waals surface area contributed by atoms with E-state index in [1.807, 2.05) is 18.2 Å². The van der Waals surface area contributed by atoms with Crippen molar-refractivity contribution in [3.8, 4) is 17.1 Å². The number of carbonyl (C=O) groups is 1. The van der Waals surface area contributed by atoms with Crippen molar-refractivity contribution in [3.63, 3.8) is 0 Å². The Morgan fingerprint density at radius 3 is 2.83 bits per heavy atom. The van der Waals surface area contributed by atoms with Crippen molar-refractivity contribution in [2.45, 2.75) is 25.3 Å². The maximum atomic E-state index is 14.0. The van der Waals surface area contributed by atoms with Crippen LogP contribution in [0.2, 0.25) is 5.02 Å². The SMILES string of the molecule is COc1ccc(-c2nc3sc4c(C(=O)O)c(Cl)ccc4c3c(=O)n2Cc2cnco2)c(C2CC2)c1. The standard InChI is InChI=1S/C25H18ClN3O5S/c1-33-13-4-5-15(17(8-13)12-2-3-12)22-28-23-19(24(30)29(22)10-14-9-27-11-34-14)16-6-7-18(26)20(25(31)32)21(16)35-23/h4-9,11-12H,2-3,10H2,1H3,(H,31,32). The molecule has 176 valence electrons. The average molecular weight is 508 g/mol. The molecule has 6 rings (SSSR count). The normalized spacial score (nSPS) is 13.5. The van der Waals surface area contributed by atoms with Gasteiger partial charge < -0.3 is 14.3 Å². The van der Waals surface area contributed by atoms with Gasteiger partial charge in [-0.25, -0.2) is 14.8 Å². The summed E-state index contributed by atoms with van der Waals surface area (Å²) in [6.45, 7) is 0.129. The summed E-state index contributed by atoms with van der Waals surface area (Å²) in [7, 11) is 1.62. The number of oxazole rings is 1. The minimum absolute atomic E-state index is 0.0296. The average Bonchev–Trinajstić information content (AvgIpc) is 3.43. The minimum atomic E-state index is -1.15. The zero-order chi connectivity index (χ0) is 24.3. The molecule has 10 heteroatoms. The van der Waals surface area contributed by atoms with Gasteiger partial charge in [0.05, 0.1) is 40.5 Å². The lowest BCUT2D eigenvalue weighted by molar-refractivity contribution is 0.0699. The summed E-state index contributed by atoms with van der Waals surface area (Å²) in [5, 5.41) is 10.7. The number of carboxylic acid groups (broad SMARTS) is 1. The molecule has 1 saturated carbocycles. The van der Waals surface area contributed by atoms with Gasteiger partial charge in [-0.1, -0.05) is 17.7 Å². The topological polar surface area (TPSA) is 107 Å². The van der Waals surface area contributed by atoms with Gasteiger partial charge in [0.1, 0.15) is 22.2 Å². The van der Waals surface area contributed by atoms with Gasteiger partial charge in [-0.2, -0.15) is 0 Å². The number of fused-ring (bicyclic) bond motifs is 3. The Kier molecular flexibility index (Phi) is 5.12. The second kappa shape index (κ2) is 8.21. The zero-order valence-corrected chi connectivity index (χ0v) is 20.0. The highest BCUT2D eigenvalue weighted by molar-refractivity contribution is 7.25. The fraction of sp³-hybridized carbons (Fsp3) is 0.200. The molecule has 1 fully saturated rings. The number of hydrogen-bond acceptors (Lipinski definition) is 7. The van der Waals surface area contributed by atoms with Gasteiger partial charge >= 0.3 is 5.97 Å². The summed E-state index contributed by atoms with van der Waals surface area (Å²) >= 11 is 7.36. The summed E-state index contributed by atoms with van der Waals surface area (Å²) in [6, 6.07) is 8.94. The Balaban J connectivity index is 1.69. The van der Waals surface area contributed by atoms with Crippen LogP contribution in [-0.4, -0.2) is 32.7 Å². The van der Waals surface area contributed by atoms with Crippen LogP contribution in [0.1, 0.15) is 40.4 Å². The number of carboxylic acids is 1. The van der Waals surface area contributed by atoms with E-state index in [2.05, 4.69) is 4.98 Å². The van der Waals surface area contributed by atoms with Crippen LogP contribution >= 0.6 is 22.9 Å². The van der Waals surface area contributed by atoms with E-state index in [1.165, 1.54) is 12.5 Å². The van der Waals surface area contributed by atoms with Gasteiger partial charge in [0, 0.05) is 10.9 Å². The molecule has 1 aliphatic rings. The number of nitrogens with zero attached hydrogens (tertiary/aromatic N) is 3. The van der Waals surface area contributed by atoms with E-state index in [4.69, 9.17) is 25.7 Å². The molecular weight excluding hydrogens is 490 g/mol. The third-order valence-corrected chi connectivity index (χ3v) is 7.67. The number of aromatic nitrogens is 3. The molecular formula is C25H18ClN3O5S. The molecule has 0 spiro atoms. The summed E-state index contributed by atoms with van der Waals surface area (Å²) in [5.41, 5.74) is 1.58. The summed E-state index contributed by atoms with van der Waals surface area (Å²) in [5.74, 6) is 0.943. The zero-order valence-electron chi connectivity index (χ0n) is 18.4. The van der Waals surface area contributed by atoms with Crippen LogP contribution < -0.4 is 10.3 Å². The predicted octanol–water partition coefficient (Wildman–Crippen LogP) is 5.55. The Hall–Kier alpha value is -3.69. The lowest BCUT2D eigenvalue weighted by Gasteiger charge is -2.15. The largest absolute Gasteiger partial charge is 0.497 e. The Labute approximate surface area is 207 Å². The predicted molar refractivity (Wildman–Crippen MR) is 133 cm³/mol. The maximum Gasteiger partial charge on any atom is 0.338 e. The molecule has 0 saturated heterocycles. The van der Waals surface area contributed by atoms with Crippen LogP contribution in [0.5, 0.6) is 5.75 Å². The van der Waals surface area contributed by atoms with Gasteiger partial charge in [-0.05, 0) is 48.6 Å². The van der Waals surface area contributed by atoms with Crippen LogP contribution in [0.3, 0.4) is 0 Å². The number of thiophene rings is 1. The molecule has 3 heterocycles. The van der Waals surface area contributed by atoms with E-state index in [-0.39, 0.29) is 22.7 Å². The second-order valence-electron chi connectivity index (χ2n) is 8.41. The van der Waals surface area contributed by atoms with Gasteiger partial charge in [0.2, 0.25) is 0 Å². The quantitative estimate of drug-likeness (QED) is 0.321. The van der Waals surface area contributed by atoms with E-state index in [0.717, 1.165) is 41.1 Å². The minimum Gasteiger partial charge on any atom is -0.497 e. The molecule has 1 aliphatic carbocycles. The van der Waals surface area contributed by atoms with Crippen molar-refractivity contribution in [3.05, 3.63) is 75.2 Å². The monoisotopic (exact) mass is 507 g/mol. The van der Waals surface area contributed by atoms with Crippen LogP contribution in [-0.2, 0) is 6.54 Å². The van der Waals surface area contributed by atoms with E-state index < -0.39 is 5.97 Å². The molecule has 5 aromatic rings. The summed E-state index contributed by atoms with van der Waals surface area (Å²) < 4.78 is 12.9. The van der Waals surface area contributed by atoms with Crippen molar-refractivity contribution in [1.82, 2.24) is 14.5 Å². The molecule has 0 radical (unpaired) electrons. The van der Waals surface area contributed by atoms with Crippen LogP contribution in [0.15, 0.2) is 52.1 Å². The van der Waals surface area contributed by atoms with E-state index in [9.17, 15) is 14.7 Å². The Morgan fingerprint density at radius 2 is 2.14 bits per heavy atom. The van der Waals surface area contributed by atoms with Crippen LogP contribution in [0.25, 0.3) is 31.7 Å². The number of aromatic carboxylic acids is 1. The van der Waals surface area contributed by atoms with E-state index in [1.54, 1.807) is 23.9 Å². The highest BCUT2D eigenvalue weighted by Gasteiger charge is 2.30. The summed E-state index contributed by atoms with van der Waals surface area (Å²) in [4.78, 5) is 35.3. The molecule has 1 N–H and O–H groups in total. The first kappa shape index (κ1) is 21.8. The molecule has 35 heavy (non-hydrogen) atoms. The summed E-state index contributed by atoms with van der Waals surface area (Å²) in [6.07, 6.45) is 4.98. The molecule has 0 aliphatic heterocycles. The first-order valence-corrected chi connectivity index (χ1v) is 12.1. The number of methoxy groups -OCH3 is 1. The van der Waals surface area contributed by atoms with Crippen LogP contribution in [0.4, 0.5) is 0 Å². The molecule has 0 unspecified atom stereocenters. The number of benzene rings is 2. The number of rotatable bonds is 6. The van der Waals surface area contributed by atoms with Crippen molar-refractivity contribution < 1.29 is 19.1 Å². The number of halogens is 1. The first-order valence-electron chi connectivity index (χ1n) is 10.9. The Morgan fingerprint density at radius 1 is 1.31 bits per heavy atom. The number of ether oxygens (including phenoxy) is 1. The van der Waals surface area contributed by atoms with Crippen molar-refractivity contribution in [2.24, 2.45) is 0 Å². The fourth-order valence-corrected chi connectivity index (χ4v) is 5.93. The molecule has 0 atom stereocenters. The third kappa shape index (κ3) is 3.59. The smallest absolute Gasteiger partial charge is 0.338 e.